The fourth-order valence-electron chi connectivity index (χ4n) is 2.62. The van der Waals surface area contributed by atoms with Gasteiger partial charge in [-0.2, -0.15) is 10.2 Å². The summed E-state index contributed by atoms with van der Waals surface area (Å²) in [6.07, 6.45) is 8.51. The Morgan fingerprint density at radius 3 is 2.62 bits per heavy atom. The zero-order valence-electron chi connectivity index (χ0n) is 12.1. The van der Waals surface area contributed by atoms with Gasteiger partial charge in [0.1, 0.15) is 11.4 Å². The van der Waals surface area contributed by atoms with Gasteiger partial charge in [-0.1, -0.05) is 19.8 Å². The molecule has 1 aliphatic carbocycles. The summed E-state index contributed by atoms with van der Waals surface area (Å²) >= 11 is 0. The van der Waals surface area contributed by atoms with E-state index >= 15 is 0 Å². The van der Waals surface area contributed by atoms with Crippen LogP contribution in [0.5, 0.6) is 0 Å². The minimum atomic E-state index is -0.974. The Morgan fingerprint density at radius 1 is 1.52 bits per heavy atom. The lowest BCUT2D eigenvalue weighted by Crippen LogP contribution is -2.11. The predicted octanol–water partition coefficient (Wildman–Crippen LogP) is 2.25. The van der Waals surface area contributed by atoms with Crippen LogP contribution < -0.4 is 5.73 Å². The highest BCUT2D eigenvalue weighted by atomic mass is 16.4. The molecule has 114 valence electrons. The number of aryl methyl sites for hydroxylation is 1. The topological polar surface area (TPSA) is 110 Å². The van der Waals surface area contributed by atoms with Crippen LogP contribution in [0.2, 0.25) is 0 Å². The first-order valence-corrected chi connectivity index (χ1v) is 7.19. The third-order valence-corrected chi connectivity index (χ3v) is 3.65. The summed E-state index contributed by atoms with van der Waals surface area (Å²) < 4.78 is 1.72. The average molecular weight is 291 g/mol. The van der Waals surface area contributed by atoms with Crippen molar-refractivity contribution in [3.05, 3.63) is 29.7 Å². The highest BCUT2D eigenvalue weighted by molar-refractivity contribution is 5.94. The van der Waals surface area contributed by atoms with Gasteiger partial charge in [-0.05, 0) is 25.3 Å². The normalized spacial score (nSPS) is 14.7. The Balaban J connectivity index is 0.000000272. The number of nitrogens with one attached hydrogen (secondary N) is 1. The molecule has 2 heterocycles. The quantitative estimate of drug-likeness (QED) is 0.803. The van der Waals surface area contributed by atoms with E-state index in [1.54, 1.807) is 17.1 Å². The van der Waals surface area contributed by atoms with Crippen LogP contribution in [-0.2, 0) is 6.42 Å². The maximum atomic E-state index is 11.1. The molecule has 0 unspecified atom stereocenters. The van der Waals surface area contributed by atoms with Gasteiger partial charge in [-0.3, -0.25) is 5.10 Å². The molecule has 0 spiro atoms. The molecule has 1 fully saturated rings. The highest BCUT2D eigenvalue weighted by Gasteiger charge is 2.26. The summed E-state index contributed by atoms with van der Waals surface area (Å²) in [5.41, 5.74) is 6.66. The molecule has 1 aliphatic rings. The molecule has 0 bridgehead atoms. The summed E-state index contributed by atoms with van der Waals surface area (Å²) in [4.78, 5) is 11.1. The predicted molar refractivity (Wildman–Crippen MR) is 79.1 cm³/mol. The van der Waals surface area contributed by atoms with Crippen molar-refractivity contribution in [1.29, 1.82) is 0 Å². The molecule has 2 aromatic rings. The van der Waals surface area contributed by atoms with Gasteiger partial charge >= 0.3 is 5.97 Å². The van der Waals surface area contributed by atoms with Crippen LogP contribution in [0.1, 0.15) is 54.7 Å². The number of nitrogen functional groups attached to an aromatic ring is 1. The largest absolute Gasteiger partial charge is 0.477 e. The van der Waals surface area contributed by atoms with E-state index in [0.29, 0.717) is 24.0 Å². The smallest absolute Gasteiger partial charge is 0.341 e. The Morgan fingerprint density at radius 2 is 2.24 bits per heavy atom. The van der Waals surface area contributed by atoms with Crippen molar-refractivity contribution in [3.8, 4) is 0 Å². The van der Waals surface area contributed by atoms with Crippen LogP contribution in [0.4, 0.5) is 5.82 Å². The maximum Gasteiger partial charge on any atom is 0.341 e. The van der Waals surface area contributed by atoms with Gasteiger partial charge in [0.05, 0.1) is 11.7 Å². The number of carboxylic acid groups (broad SMARTS) is 1. The molecule has 21 heavy (non-hydrogen) atoms. The number of carbonyl (C=O) groups is 1. The summed E-state index contributed by atoms with van der Waals surface area (Å²) in [6, 6.07) is 2.12. The molecule has 0 radical (unpaired) electrons. The number of rotatable bonds is 3. The van der Waals surface area contributed by atoms with E-state index < -0.39 is 5.97 Å². The minimum absolute atomic E-state index is 0.189. The van der Waals surface area contributed by atoms with Crippen LogP contribution in [0.3, 0.4) is 0 Å². The molecular formula is C14H21N5O2. The SMILES string of the molecule is CCc1nn(C2CCCC2)c(N)c1C(=O)O.c1cn[nH]c1. The van der Waals surface area contributed by atoms with E-state index in [0.717, 1.165) is 12.8 Å². The molecule has 2 aromatic heterocycles. The fourth-order valence-corrected chi connectivity index (χ4v) is 2.62. The number of nitrogens with zero attached hydrogens (tertiary/aromatic N) is 3. The van der Waals surface area contributed by atoms with E-state index in [4.69, 9.17) is 10.8 Å². The average Bonchev–Trinajstić information content (AvgIpc) is 3.21. The molecule has 1 saturated carbocycles. The first-order chi connectivity index (χ1) is 10.1. The van der Waals surface area contributed by atoms with Crippen molar-refractivity contribution in [2.24, 2.45) is 0 Å². The number of aromatic nitrogens is 4. The molecule has 0 aromatic carbocycles. The number of nitrogens with two attached hydrogens (primary N) is 1. The second-order valence-electron chi connectivity index (χ2n) is 5.01. The maximum absolute atomic E-state index is 11.1. The summed E-state index contributed by atoms with van der Waals surface area (Å²) in [5.74, 6) is -0.658. The summed E-state index contributed by atoms with van der Waals surface area (Å²) in [6.45, 7) is 1.90. The lowest BCUT2D eigenvalue weighted by molar-refractivity contribution is 0.0697. The molecule has 0 atom stereocenters. The molecule has 7 nitrogen and oxygen atoms in total. The van der Waals surface area contributed by atoms with Crippen molar-refractivity contribution < 1.29 is 9.90 Å². The second kappa shape index (κ2) is 6.92. The number of aromatic carboxylic acids is 1. The summed E-state index contributed by atoms with van der Waals surface area (Å²) in [5, 5.41) is 19.7. The van der Waals surface area contributed by atoms with Crippen LogP contribution in [0, 0.1) is 0 Å². The zero-order valence-corrected chi connectivity index (χ0v) is 12.1. The van der Waals surface area contributed by atoms with E-state index in [1.807, 2.05) is 13.0 Å². The minimum Gasteiger partial charge on any atom is -0.477 e. The van der Waals surface area contributed by atoms with Gasteiger partial charge in [-0.15, -0.1) is 0 Å². The van der Waals surface area contributed by atoms with Crippen molar-refractivity contribution in [2.75, 3.05) is 5.73 Å². The van der Waals surface area contributed by atoms with Crippen LogP contribution >= 0.6 is 0 Å². The number of anilines is 1. The number of H-pyrrole nitrogens is 1. The number of aromatic amines is 1. The first kappa shape index (κ1) is 15.1. The van der Waals surface area contributed by atoms with E-state index in [-0.39, 0.29) is 5.56 Å². The molecule has 0 saturated heterocycles. The van der Waals surface area contributed by atoms with Crippen LogP contribution in [0.25, 0.3) is 0 Å². The first-order valence-electron chi connectivity index (χ1n) is 7.19. The highest BCUT2D eigenvalue weighted by Crippen LogP contribution is 2.32. The van der Waals surface area contributed by atoms with E-state index in [9.17, 15) is 4.79 Å². The molecule has 0 amide bonds. The van der Waals surface area contributed by atoms with Crippen LogP contribution in [0.15, 0.2) is 18.5 Å². The van der Waals surface area contributed by atoms with Crippen molar-refractivity contribution in [1.82, 2.24) is 20.0 Å². The second-order valence-corrected chi connectivity index (χ2v) is 5.01. The third kappa shape index (κ3) is 3.42. The Kier molecular flexibility index (Phi) is 4.97. The molecule has 7 heteroatoms. The van der Waals surface area contributed by atoms with Crippen molar-refractivity contribution in [2.45, 2.75) is 45.1 Å². The van der Waals surface area contributed by atoms with Gasteiger partial charge in [0.25, 0.3) is 0 Å². The third-order valence-electron chi connectivity index (χ3n) is 3.65. The fraction of sp³-hybridized carbons (Fsp3) is 0.500. The molecule has 0 aliphatic heterocycles. The Bertz CT molecular complexity index is 553. The zero-order chi connectivity index (χ0) is 15.2. The van der Waals surface area contributed by atoms with Gasteiger partial charge in [0, 0.05) is 12.4 Å². The Hall–Kier alpha value is -2.31. The van der Waals surface area contributed by atoms with Gasteiger partial charge < -0.3 is 10.8 Å². The number of hydrogen-bond donors (Lipinski definition) is 3. The van der Waals surface area contributed by atoms with Gasteiger partial charge in [0.15, 0.2) is 0 Å². The van der Waals surface area contributed by atoms with E-state index in [2.05, 4.69) is 15.3 Å². The van der Waals surface area contributed by atoms with Gasteiger partial charge in [-0.25, -0.2) is 9.48 Å². The monoisotopic (exact) mass is 291 g/mol. The van der Waals surface area contributed by atoms with Gasteiger partial charge in [0.2, 0.25) is 0 Å². The lowest BCUT2D eigenvalue weighted by atomic mass is 10.2. The van der Waals surface area contributed by atoms with Crippen molar-refractivity contribution >= 4 is 11.8 Å². The lowest BCUT2D eigenvalue weighted by Gasteiger charge is -2.11. The molecular weight excluding hydrogens is 270 g/mol. The standard InChI is InChI=1S/C11H17N3O2.C3H4N2/c1-2-8-9(11(15)16)10(12)14(13-8)7-5-3-4-6-7;1-2-4-5-3-1/h7H,2-6,12H2,1H3,(H,15,16);1-3H,(H,4,5). The van der Waals surface area contributed by atoms with Crippen molar-refractivity contribution in [3.63, 3.8) is 0 Å². The van der Waals surface area contributed by atoms with E-state index in [1.165, 1.54) is 12.8 Å². The van der Waals surface area contributed by atoms with Crippen LogP contribution in [-0.4, -0.2) is 31.1 Å². The molecule has 3 rings (SSSR count). The summed E-state index contributed by atoms with van der Waals surface area (Å²) in [7, 11) is 0. The Labute approximate surface area is 123 Å². The number of carboxylic acids is 1. The molecule has 4 N–H and O–H groups in total. The number of hydrogen-bond acceptors (Lipinski definition) is 4.